The van der Waals surface area contributed by atoms with E-state index in [-0.39, 0.29) is 11.9 Å². The minimum atomic E-state index is 0.227. The van der Waals surface area contributed by atoms with Gasteiger partial charge in [-0.25, -0.2) is 0 Å². The van der Waals surface area contributed by atoms with E-state index in [1.165, 1.54) is 0 Å². The van der Waals surface area contributed by atoms with Crippen LogP contribution in [0.1, 0.15) is 17.7 Å². The van der Waals surface area contributed by atoms with Crippen LogP contribution in [0.5, 0.6) is 0 Å². The van der Waals surface area contributed by atoms with Crippen molar-refractivity contribution in [1.29, 1.82) is 0 Å². The van der Waals surface area contributed by atoms with Gasteiger partial charge in [0.15, 0.2) is 0 Å². The Kier molecular flexibility index (Phi) is 3.38. The van der Waals surface area contributed by atoms with Gasteiger partial charge in [-0.05, 0) is 24.3 Å². The van der Waals surface area contributed by atoms with Gasteiger partial charge in [-0.15, -0.1) is 11.3 Å². The molecular formula is C11H16N2OS. The normalized spacial score (nSPS) is 20.9. The summed E-state index contributed by atoms with van der Waals surface area (Å²) in [7, 11) is 0. The van der Waals surface area contributed by atoms with Gasteiger partial charge >= 0.3 is 0 Å². The van der Waals surface area contributed by atoms with Crippen LogP contribution in [0.25, 0.3) is 0 Å². The molecule has 15 heavy (non-hydrogen) atoms. The number of likely N-dealkylation sites (tertiary alicyclic amines) is 1. The highest BCUT2D eigenvalue weighted by Crippen LogP contribution is 2.18. The summed E-state index contributed by atoms with van der Waals surface area (Å²) in [5, 5.41) is 2.01. The van der Waals surface area contributed by atoms with E-state index in [1.54, 1.807) is 11.3 Å². The predicted molar refractivity (Wildman–Crippen MR) is 61.8 cm³/mol. The highest BCUT2D eigenvalue weighted by molar-refractivity contribution is 7.10. The molecule has 1 atom stereocenters. The molecule has 1 fully saturated rings. The van der Waals surface area contributed by atoms with Crippen LogP contribution in [0.3, 0.4) is 0 Å². The Morgan fingerprint density at radius 1 is 1.67 bits per heavy atom. The van der Waals surface area contributed by atoms with Gasteiger partial charge in [0.25, 0.3) is 0 Å². The summed E-state index contributed by atoms with van der Waals surface area (Å²) in [5.74, 6) is 0.227. The lowest BCUT2D eigenvalue weighted by Gasteiger charge is -2.23. The van der Waals surface area contributed by atoms with Crippen LogP contribution < -0.4 is 5.73 Å². The molecule has 0 aliphatic carbocycles. The van der Waals surface area contributed by atoms with E-state index >= 15 is 0 Å². The molecule has 0 aromatic carbocycles. The zero-order valence-electron chi connectivity index (χ0n) is 8.69. The molecule has 1 amide bonds. The maximum absolute atomic E-state index is 12.0. The fourth-order valence-corrected chi connectivity index (χ4v) is 2.77. The summed E-state index contributed by atoms with van der Waals surface area (Å²) in [6.07, 6.45) is 2.69. The second-order valence-corrected chi connectivity index (χ2v) is 4.91. The highest BCUT2D eigenvalue weighted by Gasteiger charge is 2.27. The van der Waals surface area contributed by atoms with Crippen molar-refractivity contribution in [3.05, 3.63) is 22.4 Å². The van der Waals surface area contributed by atoms with E-state index in [2.05, 4.69) is 0 Å². The second-order valence-electron chi connectivity index (χ2n) is 3.88. The maximum atomic E-state index is 12.0. The fraction of sp³-hybridized carbons (Fsp3) is 0.545. The van der Waals surface area contributed by atoms with Crippen LogP contribution in [-0.2, 0) is 11.2 Å². The van der Waals surface area contributed by atoms with Gasteiger partial charge < -0.3 is 10.6 Å². The van der Waals surface area contributed by atoms with E-state index in [1.807, 2.05) is 22.4 Å². The Morgan fingerprint density at radius 2 is 2.53 bits per heavy atom. The molecule has 1 aromatic rings. The molecule has 2 N–H and O–H groups in total. The summed E-state index contributed by atoms with van der Waals surface area (Å²) in [6, 6.07) is 4.27. The van der Waals surface area contributed by atoms with Crippen LogP contribution in [0.15, 0.2) is 17.5 Å². The monoisotopic (exact) mass is 224 g/mol. The number of amides is 1. The molecule has 1 saturated heterocycles. The van der Waals surface area contributed by atoms with Crippen LogP contribution in [0.2, 0.25) is 0 Å². The van der Waals surface area contributed by atoms with E-state index in [9.17, 15) is 4.79 Å². The predicted octanol–water partition coefficient (Wildman–Crippen LogP) is 1.24. The molecule has 0 unspecified atom stereocenters. The van der Waals surface area contributed by atoms with Crippen LogP contribution in [-0.4, -0.2) is 29.9 Å². The van der Waals surface area contributed by atoms with Crippen LogP contribution in [0.4, 0.5) is 0 Å². The van der Waals surface area contributed by atoms with Crippen molar-refractivity contribution in [2.75, 3.05) is 13.1 Å². The first-order chi connectivity index (χ1) is 7.31. The number of thiophene rings is 1. The van der Waals surface area contributed by atoms with Gasteiger partial charge in [0, 0.05) is 24.0 Å². The first-order valence-corrected chi connectivity index (χ1v) is 6.21. The Hall–Kier alpha value is -0.870. The van der Waals surface area contributed by atoms with Crippen molar-refractivity contribution in [3.63, 3.8) is 0 Å². The third-order valence-corrected chi connectivity index (χ3v) is 3.75. The lowest BCUT2D eigenvalue weighted by Crippen LogP contribution is -2.40. The molecule has 2 heterocycles. The van der Waals surface area contributed by atoms with Gasteiger partial charge in [-0.1, -0.05) is 6.07 Å². The average Bonchev–Trinajstić information content (AvgIpc) is 2.86. The smallest absolute Gasteiger partial charge is 0.228 e. The van der Waals surface area contributed by atoms with E-state index in [0.29, 0.717) is 13.0 Å². The standard InChI is InChI=1S/C11H16N2OS/c12-8-9-3-1-5-13(9)11(14)7-10-4-2-6-15-10/h2,4,6,9H,1,3,5,7-8,12H2/t9-/m0/s1. The number of nitrogens with two attached hydrogens (primary N) is 1. The third kappa shape index (κ3) is 2.38. The quantitative estimate of drug-likeness (QED) is 0.839. The molecule has 0 radical (unpaired) electrons. The molecule has 0 bridgehead atoms. The zero-order valence-corrected chi connectivity index (χ0v) is 9.50. The van der Waals surface area contributed by atoms with Crippen molar-refractivity contribution in [1.82, 2.24) is 4.90 Å². The second kappa shape index (κ2) is 4.77. The third-order valence-electron chi connectivity index (χ3n) is 2.88. The number of nitrogens with zero attached hydrogens (tertiary/aromatic N) is 1. The number of carbonyl (C=O) groups excluding carboxylic acids is 1. The van der Waals surface area contributed by atoms with Crippen molar-refractivity contribution in [2.24, 2.45) is 5.73 Å². The molecule has 1 aliphatic rings. The van der Waals surface area contributed by atoms with E-state index in [4.69, 9.17) is 5.73 Å². The van der Waals surface area contributed by atoms with Crippen molar-refractivity contribution >= 4 is 17.2 Å². The molecule has 3 nitrogen and oxygen atoms in total. The van der Waals surface area contributed by atoms with Crippen molar-refractivity contribution < 1.29 is 4.79 Å². The highest BCUT2D eigenvalue weighted by atomic mass is 32.1. The van der Waals surface area contributed by atoms with Crippen molar-refractivity contribution in [2.45, 2.75) is 25.3 Å². The van der Waals surface area contributed by atoms with Crippen molar-refractivity contribution in [3.8, 4) is 0 Å². The maximum Gasteiger partial charge on any atom is 0.228 e. The van der Waals surface area contributed by atoms with Gasteiger partial charge in [0.05, 0.1) is 6.42 Å². The summed E-state index contributed by atoms with van der Waals surface area (Å²) >= 11 is 1.64. The summed E-state index contributed by atoms with van der Waals surface area (Å²) in [4.78, 5) is 15.0. The Bertz CT molecular complexity index is 323. The summed E-state index contributed by atoms with van der Waals surface area (Å²) < 4.78 is 0. The topological polar surface area (TPSA) is 46.3 Å². The van der Waals surface area contributed by atoms with Crippen LogP contribution >= 0.6 is 11.3 Å². The SMILES string of the molecule is NC[C@@H]1CCCN1C(=O)Cc1cccs1. The minimum absolute atomic E-state index is 0.227. The Balaban J connectivity index is 1.96. The number of hydrogen-bond donors (Lipinski definition) is 1. The molecular weight excluding hydrogens is 208 g/mol. The lowest BCUT2D eigenvalue weighted by molar-refractivity contribution is -0.131. The first kappa shape index (κ1) is 10.6. The fourth-order valence-electron chi connectivity index (χ4n) is 2.07. The lowest BCUT2D eigenvalue weighted by atomic mass is 10.2. The van der Waals surface area contributed by atoms with Gasteiger partial charge in [0.1, 0.15) is 0 Å². The Labute approximate surface area is 93.9 Å². The summed E-state index contributed by atoms with van der Waals surface area (Å²) in [5.41, 5.74) is 5.64. The van der Waals surface area contributed by atoms with Gasteiger partial charge in [-0.2, -0.15) is 0 Å². The number of rotatable bonds is 3. The molecule has 1 aromatic heterocycles. The molecule has 0 saturated carbocycles. The number of hydrogen-bond acceptors (Lipinski definition) is 3. The summed E-state index contributed by atoms with van der Waals surface area (Å²) in [6.45, 7) is 1.47. The number of carbonyl (C=O) groups is 1. The van der Waals surface area contributed by atoms with E-state index < -0.39 is 0 Å². The molecule has 2 rings (SSSR count). The Morgan fingerprint density at radius 3 is 3.20 bits per heavy atom. The van der Waals surface area contributed by atoms with Crippen LogP contribution in [0, 0.1) is 0 Å². The average molecular weight is 224 g/mol. The first-order valence-electron chi connectivity index (χ1n) is 5.33. The van der Waals surface area contributed by atoms with Gasteiger partial charge in [0.2, 0.25) is 5.91 Å². The minimum Gasteiger partial charge on any atom is -0.338 e. The zero-order chi connectivity index (χ0) is 10.7. The molecule has 82 valence electrons. The van der Waals surface area contributed by atoms with E-state index in [0.717, 1.165) is 24.3 Å². The molecule has 0 spiro atoms. The molecule has 4 heteroatoms. The molecule has 1 aliphatic heterocycles. The largest absolute Gasteiger partial charge is 0.338 e. The van der Waals surface area contributed by atoms with Gasteiger partial charge in [-0.3, -0.25) is 4.79 Å².